The van der Waals surface area contributed by atoms with Crippen LogP contribution >= 0.6 is 0 Å². The van der Waals surface area contributed by atoms with Crippen molar-refractivity contribution in [2.24, 2.45) is 0 Å². The van der Waals surface area contributed by atoms with Crippen molar-refractivity contribution in [3.8, 4) is 5.75 Å². The third-order valence-corrected chi connectivity index (χ3v) is 2.04. The van der Waals surface area contributed by atoms with Gasteiger partial charge in [0.1, 0.15) is 12.4 Å². The molecule has 0 spiro atoms. The second-order valence-corrected chi connectivity index (χ2v) is 3.84. The Labute approximate surface area is 96.9 Å². The van der Waals surface area contributed by atoms with Crippen LogP contribution in [0.3, 0.4) is 0 Å². The molecular weight excluding hydrogens is 204 g/mol. The van der Waals surface area contributed by atoms with Crippen LogP contribution in [0.2, 0.25) is 0 Å². The number of benzene rings is 1. The maximum Gasteiger partial charge on any atom is 0.121 e. The van der Waals surface area contributed by atoms with E-state index in [4.69, 9.17) is 15.2 Å². The highest BCUT2D eigenvalue weighted by Gasteiger charge is 1.95. The maximum absolute atomic E-state index is 5.63. The van der Waals surface area contributed by atoms with Gasteiger partial charge in [-0.05, 0) is 26.2 Å². The lowest BCUT2D eigenvalue weighted by Gasteiger charge is -2.10. The van der Waals surface area contributed by atoms with E-state index in [2.05, 4.69) is 4.90 Å². The quantitative estimate of drug-likeness (QED) is 0.559. The molecule has 0 saturated heterocycles. The number of rotatable bonds is 7. The van der Waals surface area contributed by atoms with Crippen LogP contribution in [0.4, 0.5) is 5.69 Å². The molecule has 16 heavy (non-hydrogen) atoms. The molecule has 2 N–H and O–H groups in total. The van der Waals surface area contributed by atoms with Gasteiger partial charge in [0.25, 0.3) is 0 Å². The molecule has 4 nitrogen and oxygen atoms in total. The van der Waals surface area contributed by atoms with Crippen molar-refractivity contribution in [3.05, 3.63) is 24.3 Å². The Morgan fingerprint density at radius 2 is 2.00 bits per heavy atom. The van der Waals surface area contributed by atoms with E-state index in [1.807, 2.05) is 32.3 Å². The Morgan fingerprint density at radius 1 is 1.19 bits per heavy atom. The number of hydrogen-bond acceptors (Lipinski definition) is 4. The van der Waals surface area contributed by atoms with Gasteiger partial charge in [-0.3, -0.25) is 0 Å². The Kier molecular flexibility index (Phi) is 5.67. The highest BCUT2D eigenvalue weighted by molar-refractivity contribution is 5.43. The maximum atomic E-state index is 5.63. The third kappa shape index (κ3) is 5.58. The van der Waals surface area contributed by atoms with Gasteiger partial charge in [-0.15, -0.1) is 0 Å². The van der Waals surface area contributed by atoms with Crippen LogP contribution in [0.5, 0.6) is 5.75 Å². The van der Waals surface area contributed by atoms with E-state index in [9.17, 15) is 0 Å². The summed E-state index contributed by atoms with van der Waals surface area (Å²) in [6.45, 7) is 2.81. The summed E-state index contributed by atoms with van der Waals surface area (Å²) in [5.41, 5.74) is 6.34. The normalized spacial score (nSPS) is 10.7. The van der Waals surface area contributed by atoms with Crippen molar-refractivity contribution in [1.82, 2.24) is 4.90 Å². The average molecular weight is 224 g/mol. The largest absolute Gasteiger partial charge is 0.491 e. The first kappa shape index (κ1) is 12.8. The lowest BCUT2D eigenvalue weighted by molar-refractivity contribution is 0.0890. The Bertz CT molecular complexity index is 303. The van der Waals surface area contributed by atoms with Gasteiger partial charge in [0, 0.05) is 18.3 Å². The number of nitrogens with zero attached hydrogens (tertiary/aromatic N) is 1. The third-order valence-electron chi connectivity index (χ3n) is 2.04. The van der Waals surface area contributed by atoms with Crippen molar-refractivity contribution >= 4 is 5.69 Å². The topological polar surface area (TPSA) is 47.7 Å². The number of ether oxygens (including phenoxy) is 2. The molecule has 0 aliphatic rings. The van der Waals surface area contributed by atoms with Crippen molar-refractivity contribution in [2.45, 2.75) is 0 Å². The first-order valence-electron chi connectivity index (χ1n) is 5.39. The van der Waals surface area contributed by atoms with Crippen LogP contribution in [0.15, 0.2) is 24.3 Å². The van der Waals surface area contributed by atoms with E-state index in [0.717, 1.165) is 18.9 Å². The molecule has 1 aromatic rings. The monoisotopic (exact) mass is 224 g/mol. The molecule has 1 rings (SSSR count). The molecule has 4 heteroatoms. The number of nitrogen functional groups attached to an aromatic ring is 1. The molecule has 0 radical (unpaired) electrons. The molecule has 0 amide bonds. The molecule has 90 valence electrons. The molecule has 0 heterocycles. The minimum absolute atomic E-state index is 0.552. The molecule has 0 aliphatic heterocycles. The summed E-state index contributed by atoms with van der Waals surface area (Å²) in [5, 5.41) is 0. The Morgan fingerprint density at radius 3 is 2.69 bits per heavy atom. The van der Waals surface area contributed by atoms with Crippen molar-refractivity contribution in [1.29, 1.82) is 0 Å². The van der Waals surface area contributed by atoms with Gasteiger partial charge in [-0.2, -0.15) is 0 Å². The average Bonchev–Trinajstić information content (AvgIpc) is 2.23. The van der Waals surface area contributed by atoms with Gasteiger partial charge in [0.2, 0.25) is 0 Å². The van der Waals surface area contributed by atoms with Crippen LogP contribution < -0.4 is 10.5 Å². The fourth-order valence-electron chi connectivity index (χ4n) is 1.17. The zero-order valence-corrected chi connectivity index (χ0v) is 9.98. The number of nitrogens with two attached hydrogens (primary N) is 1. The van der Waals surface area contributed by atoms with E-state index >= 15 is 0 Å². The first-order chi connectivity index (χ1) is 7.68. The molecule has 0 unspecified atom stereocenters. The predicted molar refractivity (Wildman–Crippen MR) is 65.7 cm³/mol. The smallest absolute Gasteiger partial charge is 0.121 e. The fraction of sp³-hybridized carbons (Fsp3) is 0.500. The summed E-state index contributed by atoms with van der Waals surface area (Å²) in [6.07, 6.45) is 0. The zero-order valence-electron chi connectivity index (χ0n) is 9.98. The Hall–Kier alpha value is -1.26. The van der Waals surface area contributed by atoms with Crippen molar-refractivity contribution in [2.75, 3.05) is 46.2 Å². The molecule has 0 aliphatic carbocycles. The molecule has 0 aromatic heterocycles. The molecule has 1 aromatic carbocycles. The highest BCUT2D eigenvalue weighted by atomic mass is 16.5. The van der Waals surface area contributed by atoms with Crippen LogP contribution in [0.1, 0.15) is 0 Å². The van der Waals surface area contributed by atoms with Gasteiger partial charge >= 0.3 is 0 Å². The number of anilines is 1. The summed E-state index contributed by atoms with van der Waals surface area (Å²) in [5.74, 6) is 0.788. The fourth-order valence-corrected chi connectivity index (χ4v) is 1.17. The van der Waals surface area contributed by atoms with Gasteiger partial charge in [0.05, 0.1) is 13.2 Å². The van der Waals surface area contributed by atoms with E-state index in [0.29, 0.717) is 18.9 Å². The lowest BCUT2D eigenvalue weighted by Crippen LogP contribution is -2.19. The van der Waals surface area contributed by atoms with Gasteiger partial charge in [0.15, 0.2) is 0 Å². The molecular formula is C12H20N2O2. The van der Waals surface area contributed by atoms with Crippen molar-refractivity contribution in [3.63, 3.8) is 0 Å². The molecule has 0 saturated carbocycles. The summed E-state index contributed by atoms with van der Waals surface area (Å²) >= 11 is 0. The SMILES string of the molecule is CN(C)CCOCCOc1cccc(N)c1. The first-order valence-corrected chi connectivity index (χ1v) is 5.39. The van der Waals surface area contributed by atoms with E-state index < -0.39 is 0 Å². The van der Waals surface area contributed by atoms with Crippen molar-refractivity contribution < 1.29 is 9.47 Å². The standard InChI is InChI=1S/C12H20N2O2/c1-14(2)6-7-15-8-9-16-12-5-3-4-11(13)10-12/h3-5,10H,6-9,13H2,1-2H3. The minimum Gasteiger partial charge on any atom is -0.491 e. The molecule has 0 atom stereocenters. The second-order valence-electron chi connectivity index (χ2n) is 3.84. The lowest BCUT2D eigenvalue weighted by atomic mass is 10.3. The predicted octanol–water partition coefficient (Wildman–Crippen LogP) is 1.23. The van der Waals surface area contributed by atoms with Crippen LogP contribution in [0.25, 0.3) is 0 Å². The van der Waals surface area contributed by atoms with E-state index in [1.165, 1.54) is 0 Å². The summed E-state index contributed by atoms with van der Waals surface area (Å²) in [4.78, 5) is 2.08. The van der Waals surface area contributed by atoms with Gasteiger partial charge in [-0.1, -0.05) is 6.07 Å². The Balaban J connectivity index is 2.07. The van der Waals surface area contributed by atoms with Gasteiger partial charge < -0.3 is 20.1 Å². The zero-order chi connectivity index (χ0) is 11.8. The van der Waals surface area contributed by atoms with E-state index in [1.54, 1.807) is 6.07 Å². The summed E-state index contributed by atoms with van der Waals surface area (Å²) in [6, 6.07) is 7.40. The number of likely N-dealkylation sites (N-methyl/N-ethyl adjacent to an activating group) is 1. The molecule has 0 bridgehead atoms. The highest BCUT2D eigenvalue weighted by Crippen LogP contribution is 2.13. The number of hydrogen-bond donors (Lipinski definition) is 1. The van der Waals surface area contributed by atoms with E-state index in [-0.39, 0.29) is 0 Å². The second kappa shape index (κ2) is 7.09. The van der Waals surface area contributed by atoms with Crippen LogP contribution in [0, 0.1) is 0 Å². The van der Waals surface area contributed by atoms with Crippen LogP contribution in [-0.4, -0.2) is 45.4 Å². The summed E-state index contributed by atoms with van der Waals surface area (Å²) < 4.78 is 10.9. The van der Waals surface area contributed by atoms with Gasteiger partial charge in [-0.25, -0.2) is 0 Å². The molecule has 0 fully saturated rings. The van der Waals surface area contributed by atoms with Crippen LogP contribution in [-0.2, 0) is 4.74 Å². The summed E-state index contributed by atoms with van der Waals surface area (Å²) in [7, 11) is 4.04. The minimum atomic E-state index is 0.552.